The Kier molecular flexibility index (Phi) is 1.45. The van der Waals surface area contributed by atoms with Crippen LogP contribution < -0.4 is 11.5 Å². The van der Waals surface area contributed by atoms with Crippen LogP contribution in [0.3, 0.4) is 0 Å². The van der Waals surface area contributed by atoms with Crippen LogP contribution in [0, 0.1) is 16.7 Å². The zero-order valence-corrected chi connectivity index (χ0v) is 8.56. The van der Waals surface area contributed by atoms with Crippen molar-refractivity contribution in [2.75, 3.05) is 0 Å². The Balaban J connectivity index is 2.44. The van der Waals surface area contributed by atoms with E-state index >= 15 is 0 Å². The van der Waals surface area contributed by atoms with E-state index < -0.39 is 0 Å². The Bertz CT molecular complexity index is 212. The van der Waals surface area contributed by atoms with Gasteiger partial charge in [0.15, 0.2) is 0 Å². The molecule has 0 saturated heterocycles. The molecule has 0 aromatic carbocycles. The van der Waals surface area contributed by atoms with E-state index in [0.717, 1.165) is 5.92 Å². The van der Waals surface area contributed by atoms with Crippen LogP contribution in [0.15, 0.2) is 0 Å². The summed E-state index contributed by atoms with van der Waals surface area (Å²) in [6.07, 6.45) is 2.74. The van der Waals surface area contributed by atoms with Gasteiger partial charge < -0.3 is 11.5 Å². The summed E-state index contributed by atoms with van der Waals surface area (Å²) in [7, 11) is 0. The second-order valence-corrected chi connectivity index (χ2v) is 5.55. The van der Waals surface area contributed by atoms with Gasteiger partial charge in [-0.2, -0.15) is 0 Å². The molecule has 0 spiro atoms. The van der Waals surface area contributed by atoms with Crippen molar-refractivity contribution >= 4 is 0 Å². The van der Waals surface area contributed by atoms with Gasteiger partial charge in [-0.1, -0.05) is 20.8 Å². The molecule has 4 atom stereocenters. The number of hydrogen-bond acceptors (Lipinski definition) is 0. The fourth-order valence-electron chi connectivity index (χ4n) is 3.73. The Morgan fingerprint density at radius 2 is 1.75 bits per heavy atom. The normalized spacial score (nSPS) is 56.2. The van der Waals surface area contributed by atoms with Gasteiger partial charge in [-0.3, -0.25) is 0 Å². The van der Waals surface area contributed by atoms with Crippen LogP contribution in [-0.4, -0.2) is 12.1 Å². The average Bonchev–Trinajstić information content (AvgIpc) is 2.26. The Hall–Kier alpha value is -0.0800. The molecule has 0 heterocycles. The first-order chi connectivity index (χ1) is 5.41. The molecule has 0 unspecified atom stereocenters. The van der Waals surface area contributed by atoms with Crippen LogP contribution in [0.2, 0.25) is 0 Å². The summed E-state index contributed by atoms with van der Waals surface area (Å²) < 4.78 is 0. The minimum Gasteiger partial charge on any atom is -0.350 e. The molecule has 70 valence electrons. The van der Waals surface area contributed by atoms with E-state index in [1.165, 1.54) is 12.8 Å². The SMILES string of the molecule is CC1(C)[C@H]2CC[C@]1(C)[C@H]([NH3+])[C@@H]2[NH3+]. The molecule has 2 bridgehead atoms. The van der Waals surface area contributed by atoms with Gasteiger partial charge in [-0.05, 0) is 18.3 Å². The van der Waals surface area contributed by atoms with E-state index in [1.54, 1.807) is 0 Å². The summed E-state index contributed by atoms with van der Waals surface area (Å²) in [5.41, 5.74) is 9.53. The molecule has 2 fully saturated rings. The molecule has 6 N–H and O–H groups in total. The minimum absolute atomic E-state index is 0.462. The summed E-state index contributed by atoms with van der Waals surface area (Å²) in [5.74, 6) is 0.824. The molecule has 2 aliphatic carbocycles. The predicted octanol–water partition coefficient (Wildman–Crippen LogP) is -0.336. The number of rotatable bonds is 0. The lowest BCUT2D eigenvalue weighted by Gasteiger charge is -2.34. The van der Waals surface area contributed by atoms with Crippen LogP contribution in [-0.2, 0) is 0 Å². The Labute approximate surface area is 74.7 Å². The zero-order valence-electron chi connectivity index (χ0n) is 8.56. The number of hydrogen-bond donors (Lipinski definition) is 2. The molecule has 2 rings (SSSR count). The lowest BCUT2D eigenvalue weighted by Crippen LogP contribution is -2.82. The molecule has 0 aromatic rings. The number of fused-ring (bicyclic) bond motifs is 2. The van der Waals surface area contributed by atoms with Gasteiger partial charge in [0.25, 0.3) is 0 Å². The molecule has 2 aliphatic rings. The van der Waals surface area contributed by atoms with Gasteiger partial charge in [0.05, 0.1) is 0 Å². The van der Waals surface area contributed by atoms with Gasteiger partial charge >= 0.3 is 0 Å². The molecule has 0 aromatic heterocycles. The van der Waals surface area contributed by atoms with Gasteiger partial charge in [-0.25, -0.2) is 0 Å². The molecule has 0 amide bonds. The molecular formula is C10H22N2+2. The highest BCUT2D eigenvalue weighted by Crippen LogP contribution is 2.63. The van der Waals surface area contributed by atoms with E-state index in [-0.39, 0.29) is 0 Å². The molecule has 0 radical (unpaired) electrons. The quantitative estimate of drug-likeness (QED) is 0.500. The monoisotopic (exact) mass is 170 g/mol. The third-order valence-corrected chi connectivity index (χ3v) is 5.23. The van der Waals surface area contributed by atoms with Crippen molar-refractivity contribution < 1.29 is 11.5 Å². The average molecular weight is 170 g/mol. The first-order valence-corrected chi connectivity index (χ1v) is 5.07. The topological polar surface area (TPSA) is 55.3 Å². The van der Waals surface area contributed by atoms with Crippen molar-refractivity contribution in [3.63, 3.8) is 0 Å². The first kappa shape index (κ1) is 8.52. The van der Waals surface area contributed by atoms with E-state index in [4.69, 9.17) is 0 Å². The van der Waals surface area contributed by atoms with E-state index in [0.29, 0.717) is 22.9 Å². The molecule has 0 aliphatic heterocycles. The number of quaternary nitrogens is 2. The summed E-state index contributed by atoms with van der Waals surface area (Å²) in [6.45, 7) is 7.23. The van der Waals surface area contributed by atoms with Gasteiger partial charge in [0, 0.05) is 11.3 Å². The molecule has 2 saturated carbocycles. The van der Waals surface area contributed by atoms with Gasteiger partial charge in [-0.15, -0.1) is 0 Å². The smallest absolute Gasteiger partial charge is 0.143 e. The lowest BCUT2D eigenvalue weighted by atomic mass is 9.69. The second kappa shape index (κ2) is 2.05. The Morgan fingerprint density at radius 1 is 1.17 bits per heavy atom. The fraction of sp³-hybridized carbons (Fsp3) is 1.00. The first-order valence-electron chi connectivity index (χ1n) is 5.07. The molecule has 2 nitrogen and oxygen atoms in total. The standard InChI is InChI=1S/C10H20N2/c1-9(2)6-4-5-10(9,3)8(12)7(6)11/h6-8H,4-5,11-12H2,1-3H3/p+2/t6-,7+,8+,10+/m0/s1. The summed E-state index contributed by atoms with van der Waals surface area (Å²) in [5, 5.41) is 0. The molecule has 12 heavy (non-hydrogen) atoms. The fourth-order valence-corrected chi connectivity index (χ4v) is 3.73. The van der Waals surface area contributed by atoms with Crippen molar-refractivity contribution in [1.82, 2.24) is 0 Å². The van der Waals surface area contributed by atoms with Crippen molar-refractivity contribution in [2.24, 2.45) is 16.7 Å². The predicted molar refractivity (Wildman–Crippen MR) is 48.0 cm³/mol. The zero-order chi connectivity index (χ0) is 9.15. The van der Waals surface area contributed by atoms with Crippen LogP contribution in [0.1, 0.15) is 33.6 Å². The van der Waals surface area contributed by atoms with Crippen LogP contribution in [0.5, 0.6) is 0 Å². The second-order valence-electron chi connectivity index (χ2n) is 5.55. The van der Waals surface area contributed by atoms with Crippen molar-refractivity contribution in [2.45, 2.75) is 45.7 Å². The maximum absolute atomic E-state index is 4.31. The van der Waals surface area contributed by atoms with Gasteiger partial charge in [0.1, 0.15) is 12.1 Å². The summed E-state index contributed by atoms with van der Waals surface area (Å²) >= 11 is 0. The van der Waals surface area contributed by atoms with Gasteiger partial charge in [0.2, 0.25) is 0 Å². The van der Waals surface area contributed by atoms with E-state index in [2.05, 4.69) is 32.2 Å². The maximum Gasteiger partial charge on any atom is 0.143 e. The lowest BCUT2D eigenvalue weighted by molar-refractivity contribution is -0.543. The van der Waals surface area contributed by atoms with Crippen LogP contribution >= 0.6 is 0 Å². The highest BCUT2D eigenvalue weighted by Gasteiger charge is 2.68. The summed E-state index contributed by atoms with van der Waals surface area (Å²) in [6, 6.07) is 1.17. The highest BCUT2D eigenvalue weighted by molar-refractivity contribution is 5.13. The van der Waals surface area contributed by atoms with E-state index in [1.807, 2.05) is 0 Å². The minimum atomic E-state index is 0.462. The highest BCUT2D eigenvalue weighted by atomic mass is 14.9. The maximum atomic E-state index is 4.31. The molecule has 2 heteroatoms. The third kappa shape index (κ3) is 0.647. The summed E-state index contributed by atoms with van der Waals surface area (Å²) in [4.78, 5) is 0. The third-order valence-electron chi connectivity index (χ3n) is 5.23. The Morgan fingerprint density at radius 3 is 2.00 bits per heavy atom. The van der Waals surface area contributed by atoms with Crippen molar-refractivity contribution in [1.29, 1.82) is 0 Å². The van der Waals surface area contributed by atoms with E-state index in [9.17, 15) is 0 Å². The van der Waals surface area contributed by atoms with Crippen LogP contribution in [0.25, 0.3) is 0 Å². The largest absolute Gasteiger partial charge is 0.350 e. The molecular weight excluding hydrogens is 148 g/mol. The van der Waals surface area contributed by atoms with Crippen LogP contribution in [0.4, 0.5) is 0 Å². The van der Waals surface area contributed by atoms with Crippen molar-refractivity contribution in [3.8, 4) is 0 Å². The van der Waals surface area contributed by atoms with Crippen molar-refractivity contribution in [3.05, 3.63) is 0 Å².